The van der Waals surface area contributed by atoms with Gasteiger partial charge in [0.05, 0.1) is 34.7 Å². The smallest absolute Gasteiger partial charge is 0.289 e. The molecular formula is C26H31F2N5O2. The van der Waals surface area contributed by atoms with E-state index in [-0.39, 0.29) is 42.1 Å². The summed E-state index contributed by atoms with van der Waals surface area (Å²) in [5.74, 6) is -1.94. The quantitative estimate of drug-likeness (QED) is 0.468. The fourth-order valence-corrected chi connectivity index (χ4v) is 3.97. The van der Waals surface area contributed by atoms with E-state index in [2.05, 4.69) is 25.5 Å². The van der Waals surface area contributed by atoms with Crippen molar-refractivity contribution in [2.75, 3.05) is 13.2 Å². The van der Waals surface area contributed by atoms with E-state index in [1.54, 1.807) is 12.1 Å². The van der Waals surface area contributed by atoms with Crippen LogP contribution in [0.15, 0.2) is 36.5 Å². The van der Waals surface area contributed by atoms with E-state index in [0.29, 0.717) is 11.4 Å². The lowest BCUT2D eigenvalue weighted by atomic mass is 9.70. The molecule has 3 aromatic rings. The van der Waals surface area contributed by atoms with Gasteiger partial charge < -0.3 is 10.4 Å². The number of benzene rings is 1. The molecule has 2 N–H and O–H groups in total. The van der Waals surface area contributed by atoms with Gasteiger partial charge in [0.25, 0.3) is 5.91 Å². The van der Waals surface area contributed by atoms with E-state index in [9.17, 15) is 13.6 Å². The molecule has 186 valence electrons. The molecule has 2 aromatic heterocycles. The van der Waals surface area contributed by atoms with Crippen molar-refractivity contribution in [3.63, 3.8) is 0 Å². The molecule has 2 atom stereocenters. The Morgan fingerprint density at radius 3 is 2.43 bits per heavy atom. The number of aromatic nitrogens is 4. The predicted molar refractivity (Wildman–Crippen MR) is 129 cm³/mol. The average molecular weight is 484 g/mol. The van der Waals surface area contributed by atoms with Crippen LogP contribution in [0.5, 0.6) is 0 Å². The number of rotatable bonds is 9. The van der Waals surface area contributed by atoms with Gasteiger partial charge in [0.2, 0.25) is 5.82 Å². The number of amides is 1. The molecule has 0 aliphatic rings. The molecule has 2 heterocycles. The molecule has 0 bridgehead atoms. The fraction of sp³-hybridized carbons (Fsp3) is 0.423. The molecule has 3 rings (SSSR count). The molecule has 0 aliphatic carbocycles. The summed E-state index contributed by atoms with van der Waals surface area (Å²) in [5, 5.41) is 20.3. The molecular weight excluding hydrogens is 452 g/mol. The van der Waals surface area contributed by atoms with Crippen molar-refractivity contribution < 1.29 is 18.7 Å². The van der Waals surface area contributed by atoms with Crippen molar-refractivity contribution in [2.45, 2.75) is 52.4 Å². The Kier molecular flexibility index (Phi) is 8.22. The number of aliphatic hydroxyl groups is 1. The number of halogens is 2. The first kappa shape index (κ1) is 26.3. The molecule has 35 heavy (non-hydrogen) atoms. The van der Waals surface area contributed by atoms with Crippen LogP contribution in [0.25, 0.3) is 11.3 Å². The molecule has 0 fully saturated rings. The van der Waals surface area contributed by atoms with E-state index in [0.717, 1.165) is 12.0 Å². The molecule has 0 unspecified atom stereocenters. The minimum Gasteiger partial charge on any atom is -0.395 e. The third-order valence-electron chi connectivity index (χ3n) is 6.62. The minimum atomic E-state index is -0.785. The van der Waals surface area contributed by atoms with Gasteiger partial charge in [-0.05, 0) is 55.0 Å². The van der Waals surface area contributed by atoms with E-state index < -0.39 is 23.0 Å². The zero-order valence-corrected chi connectivity index (χ0v) is 20.6. The Balaban J connectivity index is 2.20. The second-order valence-electron chi connectivity index (χ2n) is 9.04. The van der Waals surface area contributed by atoms with Crippen LogP contribution in [0.3, 0.4) is 0 Å². The number of carbonyl (C=O) groups excluding carboxylic acids is 1. The standard InChI is InChI=1S/C26H31F2N5O2/c1-6-16(4)17-14-20(22-18(27)8-7-9-19(22)28)32-33-23(17)26(5,15(2)3)21-10-11-29-24(31-21)25(35)30-12-13-34/h7-11,14-16,34H,6,12-13H2,1-5H3,(H,30,35)/t16-,26-/m0/s1. The zero-order valence-electron chi connectivity index (χ0n) is 20.6. The average Bonchev–Trinajstić information content (AvgIpc) is 2.86. The number of hydrogen-bond acceptors (Lipinski definition) is 6. The molecule has 0 spiro atoms. The summed E-state index contributed by atoms with van der Waals surface area (Å²) in [6.07, 6.45) is 2.28. The van der Waals surface area contributed by atoms with Crippen LogP contribution in [-0.2, 0) is 5.41 Å². The van der Waals surface area contributed by atoms with Gasteiger partial charge in [-0.1, -0.05) is 33.8 Å². The van der Waals surface area contributed by atoms with Gasteiger partial charge in [-0.2, -0.15) is 5.10 Å². The number of carbonyl (C=O) groups is 1. The maximum atomic E-state index is 14.5. The fourth-order valence-electron chi connectivity index (χ4n) is 3.97. The molecule has 0 saturated carbocycles. The Morgan fingerprint density at radius 1 is 1.14 bits per heavy atom. The van der Waals surface area contributed by atoms with Crippen LogP contribution >= 0.6 is 0 Å². The van der Waals surface area contributed by atoms with Crippen molar-refractivity contribution in [1.29, 1.82) is 0 Å². The van der Waals surface area contributed by atoms with Gasteiger partial charge in [-0.15, -0.1) is 5.10 Å². The van der Waals surface area contributed by atoms with E-state index in [4.69, 9.17) is 5.11 Å². The first-order chi connectivity index (χ1) is 16.6. The number of hydrogen-bond donors (Lipinski definition) is 2. The van der Waals surface area contributed by atoms with Crippen LogP contribution < -0.4 is 5.32 Å². The summed E-state index contributed by atoms with van der Waals surface area (Å²) < 4.78 is 29.0. The highest BCUT2D eigenvalue weighted by atomic mass is 19.1. The van der Waals surface area contributed by atoms with Crippen LogP contribution in [0, 0.1) is 17.6 Å². The van der Waals surface area contributed by atoms with Gasteiger partial charge in [0, 0.05) is 12.7 Å². The summed E-state index contributed by atoms with van der Waals surface area (Å²) in [6, 6.07) is 7.13. The Bertz CT molecular complexity index is 1180. The van der Waals surface area contributed by atoms with E-state index >= 15 is 0 Å². The molecule has 0 radical (unpaired) electrons. The van der Waals surface area contributed by atoms with E-state index in [1.165, 1.54) is 24.4 Å². The number of nitrogens with one attached hydrogen (secondary N) is 1. The largest absolute Gasteiger partial charge is 0.395 e. The maximum absolute atomic E-state index is 14.5. The van der Waals surface area contributed by atoms with Gasteiger partial charge in [0.1, 0.15) is 11.6 Å². The van der Waals surface area contributed by atoms with Crippen LogP contribution in [-0.4, -0.2) is 44.3 Å². The monoisotopic (exact) mass is 483 g/mol. The highest BCUT2D eigenvalue weighted by Gasteiger charge is 2.39. The normalized spacial score (nSPS) is 14.0. The highest BCUT2D eigenvalue weighted by Crippen LogP contribution is 2.41. The second kappa shape index (κ2) is 10.9. The lowest BCUT2D eigenvalue weighted by Gasteiger charge is -2.35. The lowest BCUT2D eigenvalue weighted by Crippen LogP contribution is -2.36. The van der Waals surface area contributed by atoms with E-state index in [1.807, 2.05) is 34.6 Å². The predicted octanol–water partition coefficient (Wildman–Crippen LogP) is 4.41. The molecule has 0 aliphatic heterocycles. The first-order valence-corrected chi connectivity index (χ1v) is 11.7. The second-order valence-corrected chi connectivity index (χ2v) is 9.04. The van der Waals surface area contributed by atoms with Crippen LogP contribution in [0.2, 0.25) is 0 Å². The third kappa shape index (κ3) is 5.19. The Morgan fingerprint density at radius 2 is 1.83 bits per heavy atom. The maximum Gasteiger partial charge on any atom is 0.289 e. The number of nitrogens with zero attached hydrogens (tertiary/aromatic N) is 4. The summed E-state index contributed by atoms with van der Waals surface area (Å²) in [5.41, 5.74) is 1.13. The zero-order chi connectivity index (χ0) is 25.8. The summed E-state index contributed by atoms with van der Waals surface area (Å²) >= 11 is 0. The van der Waals surface area contributed by atoms with Crippen molar-refractivity contribution >= 4 is 5.91 Å². The van der Waals surface area contributed by atoms with Crippen LogP contribution in [0.1, 0.15) is 74.5 Å². The molecule has 9 heteroatoms. The molecule has 0 saturated heterocycles. The van der Waals surface area contributed by atoms with Crippen molar-refractivity contribution in [1.82, 2.24) is 25.5 Å². The Hall–Kier alpha value is -3.33. The Labute approximate surface area is 204 Å². The minimum absolute atomic E-state index is 0.0151. The SMILES string of the molecule is CC[C@H](C)c1cc(-c2c(F)cccc2F)nnc1[C@](C)(c1ccnc(C(=O)NCCO)n1)C(C)C. The van der Waals surface area contributed by atoms with Gasteiger partial charge in [-0.3, -0.25) is 4.79 Å². The van der Waals surface area contributed by atoms with Crippen molar-refractivity contribution in [3.8, 4) is 11.3 Å². The van der Waals surface area contributed by atoms with Gasteiger partial charge in [0.15, 0.2) is 0 Å². The van der Waals surface area contributed by atoms with Crippen molar-refractivity contribution in [3.05, 3.63) is 70.9 Å². The third-order valence-corrected chi connectivity index (χ3v) is 6.62. The van der Waals surface area contributed by atoms with Crippen LogP contribution in [0.4, 0.5) is 8.78 Å². The summed E-state index contributed by atoms with van der Waals surface area (Å²) in [7, 11) is 0. The molecule has 1 amide bonds. The van der Waals surface area contributed by atoms with Crippen molar-refractivity contribution in [2.24, 2.45) is 5.92 Å². The summed E-state index contributed by atoms with van der Waals surface area (Å²) in [4.78, 5) is 21.0. The number of aliphatic hydroxyl groups excluding tert-OH is 1. The highest BCUT2D eigenvalue weighted by molar-refractivity contribution is 5.90. The van der Waals surface area contributed by atoms with Gasteiger partial charge in [-0.25, -0.2) is 18.7 Å². The lowest BCUT2D eigenvalue weighted by molar-refractivity contribution is 0.0933. The first-order valence-electron chi connectivity index (χ1n) is 11.7. The topological polar surface area (TPSA) is 101 Å². The molecule has 1 aromatic carbocycles. The molecule has 7 nitrogen and oxygen atoms in total. The van der Waals surface area contributed by atoms with Gasteiger partial charge >= 0.3 is 0 Å². The summed E-state index contributed by atoms with van der Waals surface area (Å²) in [6.45, 7) is 9.94.